The number of rotatable bonds is 3. The number of carbonyl (C=O) groups excluding carboxylic acids is 1. The van der Waals surface area contributed by atoms with Crippen molar-refractivity contribution in [3.63, 3.8) is 0 Å². The zero-order valence-electron chi connectivity index (χ0n) is 10.2. The molecule has 0 saturated carbocycles. The highest BCUT2D eigenvalue weighted by atomic mass is 35.5. The topological polar surface area (TPSA) is 54.9 Å². The zero-order chi connectivity index (χ0) is 13.8. The Hall–Kier alpha value is -2.01. The van der Waals surface area contributed by atoms with Crippen molar-refractivity contribution in [1.82, 2.24) is 9.97 Å². The van der Waals surface area contributed by atoms with Crippen molar-refractivity contribution in [2.75, 3.05) is 5.32 Å². The fraction of sp³-hybridized carbons (Fsp3) is 0.154. The van der Waals surface area contributed by atoms with Crippen molar-refractivity contribution >= 4 is 23.5 Å². The summed E-state index contributed by atoms with van der Waals surface area (Å²) in [6, 6.07) is 7.68. The maximum atomic E-state index is 13.4. The molecule has 1 heterocycles. The number of nitrogens with one attached hydrogen (secondary N) is 1. The van der Waals surface area contributed by atoms with Gasteiger partial charge < -0.3 is 0 Å². The summed E-state index contributed by atoms with van der Waals surface area (Å²) in [7, 11) is 0. The number of amides is 1. The molecule has 1 amide bonds. The van der Waals surface area contributed by atoms with Gasteiger partial charge in [-0.2, -0.15) is 0 Å². The Labute approximate surface area is 114 Å². The van der Waals surface area contributed by atoms with Gasteiger partial charge in [-0.15, -0.1) is 0 Å². The van der Waals surface area contributed by atoms with Gasteiger partial charge in [0.25, 0.3) is 0 Å². The molecule has 0 bridgehead atoms. The summed E-state index contributed by atoms with van der Waals surface area (Å²) < 4.78 is 13.4. The van der Waals surface area contributed by atoms with Gasteiger partial charge in [-0.25, -0.2) is 14.4 Å². The van der Waals surface area contributed by atoms with E-state index in [1.807, 2.05) is 0 Å². The summed E-state index contributed by atoms with van der Waals surface area (Å²) in [5, 5.41) is 2.73. The molecule has 19 heavy (non-hydrogen) atoms. The molecule has 1 aromatic heterocycles. The lowest BCUT2D eigenvalue weighted by atomic mass is 10.1. The van der Waals surface area contributed by atoms with E-state index < -0.39 is 11.7 Å². The molecule has 0 unspecified atom stereocenters. The fourth-order valence-electron chi connectivity index (χ4n) is 1.57. The van der Waals surface area contributed by atoms with E-state index in [0.29, 0.717) is 11.3 Å². The number of carbonyl (C=O) groups is 1. The van der Waals surface area contributed by atoms with Gasteiger partial charge >= 0.3 is 0 Å². The molecule has 98 valence electrons. The van der Waals surface area contributed by atoms with Crippen LogP contribution in [-0.4, -0.2) is 15.9 Å². The molecule has 1 N–H and O–H groups in total. The molecule has 0 fully saturated rings. The third-order valence-electron chi connectivity index (χ3n) is 2.38. The van der Waals surface area contributed by atoms with Crippen LogP contribution in [0.15, 0.2) is 30.3 Å². The van der Waals surface area contributed by atoms with E-state index in [4.69, 9.17) is 11.6 Å². The summed E-state index contributed by atoms with van der Waals surface area (Å²) >= 11 is 5.76. The maximum Gasteiger partial charge on any atom is 0.231 e. The Kier molecular flexibility index (Phi) is 4.06. The predicted molar refractivity (Wildman–Crippen MR) is 70.5 cm³/mol. The predicted octanol–water partition coefficient (Wildman–Crippen LogP) is 2.76. The average molecular weight is 280 g/mol. The van der Waals surface area contributed by atoms with Crippen LogP contribution in [0.25, 0.3) is 0 Å². The van der Waals surface area contributed by atoms with Crippen molar-refractivity contribution in [3.8, 4) is 0 Å². The van der Waals surface area contributed by atoms with Gasteiger partial charge in [-0.1, -0.05) is 29.8 Å². The number of nitrogens with zero attached hydrogens (tertiary/aromatic N) is 2. The minimum Gasteiger partial charge on any atom is -0.294 e. The van der Waals surface area contributed by atoms with E-state index in [-0.39, 0.29) is 17.5 Å². The molecule has 0 aliphatic carbocycles. The first-order valence-corrected chi connectivity index (χ1v) is 5.97. The fourth-order valence-corrected chi connectivity index (χ4v) is 1.81. The smallest absolute Gasteiger partial charge is 0.231 e. The second-order valence-corrected chi connectivity index (χ2v) is 4.36. The summed E-state index contributed by atoms with van der Waals surface area (Å²) in [5.74, 6) is -0.695. The number of aromatic nitrogens is 2. The Morgan fingerprint density at radius 2 is 2.11 bits per heavy atom. The minimum atomic E-state index is -0.416. The van der Waals surface area contributed by atoms with Crippen LogP contribution in [0.2, 0.25) is 5.15 Å². The Balaban J connectivity index is 2.07. The van der Waals surface area contributed by atoms with Crippen LogP contribution in [0.1, 0.15) is 11.3 Å². The standard InChI is InChI=1S/C13H11ClFN3O/c1-8-6-11(14)17-13(16-8)18-12(19)7-9-4-2-3-5-10(9)15/h2-6H,7H2,1H3,(H,16,17,18,19). The lowest BCUT2D eigenvalue weighted by molar-refractivity contribution is -0.115. The van der Waals surface area contributed by atoms with E-state index in [9.17, 15) is 9.18 Å². The maximum absolute atomic E-state index is 13.4. The Morgan fingerprint density at radius 1 is 1.37 bits per heavy atom. The molecule has 0 atom stereocenters. The number of aryl methyl sites for hydroxylation is 1. The van der Waals surface area contributed by atoms with E-state index in [1.54, 1.807) is 31.2 Å². The zero-order valence-corrected chi connectivity index (χ0v) is 10.9. The van der Waals surface area contributed by atoms with Crippen molar-refractivity contribution in [2.45, 2.75) is 13.3 Å². The lowest BCUT2D eigenvalue weighted by Gasteiger charge is -2.05. The third-order valence-corrected chi connectivity index (χ3v) is 2.58. The molecule has 6 heteroatoms. The van der Waals surface area contributed by atoms with E-state index >= 15 is 0 Å². The quantitative estimate of drug-likeness (QED) is 0.879. The van der Waals surface area contributed by atoms with E-state index in [2.05, 4.69) is 15.3 Å². The van der Waals surface area contributed by atoms with Crippen LogP contribution < -0.4 is 5.32 Å². The Bertz CT molecular complexity index is 598. The molecular weight excluding hydrogens is 269 g/mol. The lowest BCUT2D eigenvalue weighted by Crippen LogP contribution is -2.17. The molecule has 0 radical (unpaired) electrons. The summed E-state index contributed by atoms with van der Waals surface area (Å²) in [4.78, 5) is 19.6. The van der Waals surface area contributed by atoms with Crippen molar-refractivity contribution in [2.24, 2.45) is 0 Å². The van der Waals surface area contributed by atoms with E-state index in [1.165, 1.54) is 6.07 Å². The normalized spacial score (nSPS) is 10.3. The number of halogens is 2. The molecule has 2 aromatic rings. The number of hydrogen-bond acceptors (Lipinski definition) is 3. The molecule has 0 spiro atoms. The van der Waals surface area contributed by atoms with E-state index in [0.717, 1.165) is 0 Å². The van der Waals surface area contributed by atoms with Gasteiger partial charge in [-0.05, 0) is 24.6 Å². The third kappa shape index (κ3) is 3.72. The monoisotopic (exact) mass is 279 g/mol. The molecule has 0 saturated heterocycles. The largest absolute Gasteiger partial charge is 0.294 e. The average Bonchev–Trinajstić information content (AvgIpc) is 2.30. The van der Waals surface area contributed by atoms with Crippen LogP contribution in [0.5, 0.6) is 0 Å². The summed E-state index contributed by atoms with van der Waals surface area (Å²) in [5.41, 5.74) is 0.958. The molecule has 4 nitrogen and oxygen atoms in total. The van der Waals surface area contributed by atoms with Crippen LogP contribution in [0.3, 0.4) is 0 Å². The molecular formula is C13H11ClFN3O. The van der Waals surface area contributed by atoms with Crippen molar-refractivity contribution in [3.05, 3.63) is 52.6 Å². The highest BCUT2D eigenvalue weighted by molar-refractivity contribution is 6.29. The first kappa shape index (κ1) is 13.4. The Morgan fingerprint density at radius 3 is 2.79 bits per heavy atom. The highest BCUT2D eigenvalue weighted by Crippen LogP contribution is 2.11. The number of benzene rings is 1. The van der Waals surface area contributed by atoms with Gasteiger partial charge in [-0.3, -0.25) is 10.1 Å². The number of anilines is 1. The van der Waals surface area contributed by atoms with Crippen LogP contribution in [0.4, 0.5) is 10.3 Å². The second kappa shape index (κ2) is 5.75. The van der Waals surface area contributed by atoms with Crippen molar-refractivity contribution in [1.29, 1.82) is 0 Å². The highest BCUT2D eigenvalue weighted by Gasteiger charge is 2.10. The first-order chi connectivity index (χ1) is 9.04. The summed E-state index contributed by atoms with van der Waals surface area (Å²) in [6.45, 7) is 1.74. The van der Waals surface area contributed by atoms with Crippen molar-refractivity contribution < 1.29 is 9.18 Å². The second-order valence-electron chi connectivity index (χ2n) is 3.97. The van der Waals surface area contributed by atoms with Gasteiger partial charge in [0.1, 0.15) is 11.0 Å². The SMILES string of the molecule is Cc1cc(Cl)nc(NC(=O)Cc2ccccc2F)n1. The summed E-state index contributed by atoms with van der Waals surface area (Å²) in [6.07, 6.45) is -0.0818. The van der Waals surface area contributed by atoms with Gasteiger partial charge in [0.2, 0.25) is 11.9 Å². The minimum absolute atomic E-state index is 0.0818. The van der Waals surface area contributed by atoms with Gasteiger partial charge in [0.15, 0.2) is 0 Å². The van der Waals surface area contributed by atoms with Gasteiger partial charge in [0.05, 0.1) is 6.42 Å². The molecule has 1 aromatic carbocycles. The molecule has 0 aliphatic rings. The van der Waals surface area contributed by atoms with Gasteiger partial charge in [0, 0.05) is 5.69 Å². The number of hydrogen-bond donors (Lipinski definition) is 1. The van der Waals surface area contributed by atoms with Crippen LogP contribution >= 0.6 is 11.6 Å². The molecule has 0 aliphatic heterocycles. The van der Waals surface area contributed by atoms with Crippen LogP contribution in [0, 0.1) is 12.7 Å². The first-order valence-electron chi connectivity index (χ1n) is 5.59. The van der Waals surface area contributed by atoms with Crippen LogP contribution in [-0.2, 0) is 11.2 Å². The molecule has 2 rings (SSSR count).